The summed E-state index contributed by atoms with van der Waals surface area (Å²) in [5.41, 5.74) is 2.28. The largest absolute Gasteiger partial charge is 0.464 e. The van der Waals surface area contributed by atoms with Gasteiger partial charge in [0.15, 0.2) is 5.69 Å². The summed E-state index contributed by atoms with van der Waals surface area (Å²) in [5, 5.41) is 7.07. The number of hydrogen-bond acceptors (Lipinski definition) is 6. The number of amides is 1. The van der Waals surface area contributed by atoms with Crippen molar-refractivity contribution in [3.05, 3.63) is 18.0 Å². The summed E-state index contributed by atoms with van der Waals surface area (Å²) < 4.78 is 12.7. The average molecular weight is 429 g/mol. The first-order valence-electron chi connectivity index (χ1n) is 11.3. The maximum Gasteiger partial charge on any atom is 0.356 e. The van der Waals surface area contributed by atoms with Crippen LogP contribution in [0.4, 0.5) is 11.4 Å². The number of rotatable bonds is 7. The molecule has 2 fully saturated rings. The molecule has 168 valence electrons. The second-order valence-electron chi connectivity index (χ2n) is 8.62. The van der Waals surface area contributed by atoms with Gasteiger partial charge in [-0.2, -0.15) is 0 Å². The molecule has 1 saturated carbocycles. The Morgan fingerprint density at radius 3 is 2.71 bits per heavy atom. The predicted octanol–water partition coefficient (Wildman–Crippen LogP) is 3.95. The zero-order valence-corrected chi connectivity index (χ0v) is 18.4. The molecule has 2 N–H and O–H groups in total. The quantitative estimate of drug-likeness (QED) is 0.649. The van der Waals surface area contributed by atoms with Gasteiger partial charge in [0.1, 0.15) is 5.65 Å². The highest BCUT2D eigenvalue weighted by Crippen LogP contribution is 2.34. The lowest BCUT2D eigenvalue weighted by molar-refractivity contribution is -0.114. The second-order valence-corrected chi connectivity index (χ2v) is 8.62. The molecular formula is C23H32N4O4. The second kappa shape index (κ2) is 9.68. The minimum absolute atomic E-state index is 0.00934. The molecule has 2 aromatic rings. The molecule has 31 heavy (non-hydrogen) atoms. The summed E-state index contributed by atoms with van der Waals surface area (Å²) in [5.74, 6) is -0.0765. The van der Waals surface area contributed by atoms with Gasteiger partial charge >= 0.3 is 5.97 Å². The minimum atomic E-state index is -0.503. The summed E-state index contributed by atoms with van der Waals surface area (Å²) in [6.45, 7) is 3.55. The topological polar surface area (TPSA) is 94.5 Å². The van der Waals surface area contributed by atoms with E-state index in [2.05, 4.69) is 15.6 Å². The van der Waals surface area contributed by atoms with Crippen LogP contribution in [-0.2, 0) is 20.8 Å². The van der Waals surface area contributed by atoms with Crippen molar-refractivity contribution in [3.63, 3.8) is 0 Å². The number of nitrogens with one attached hydrogen (secondary N) is 2. The molecule has 2 aliphatic rings. The predicted molar refractivity (Wildman–Crippen MR) is 119 cm³/mol. The molecule has 8 heteroatoms. The van der Waals surface area contributed by atoms with Crippen LogP contribution in [-0.4, -0.2) is 47.8 Å². The first-order chi connectivity index (χ1) is 15.1. The molecular weight excluding hydrogens is 396 g/mol. The molecule has 0 spiro atoms. The summed E-state index contributed by atoms with van der Waals surface area (Å²) in [7, 11) is 1.35. The van der Waals surface area contributed by atoms with Crippen molar-refractivity contribution in [1.82, 2.24) is 9.55 Å². The summed E-state index contributed by atoms with van der Waals surface area (Å²) in [4.78, 5) is 29.4. The monoisotopic (exact) mass is 428 g/mol. The lowest BCUT2D eigenvalue weighted by Gasteiger charge is -2.22. The Labute approximate surface area is 182 Å². The first-order valence-corrected chi connectivity index (χ1v) is 11.3. The van der Waals surface area contributed by atoms with E-state index in [4.69, 9.17) is 9.47 Å². The number of methoxy groups -OCH3 is 1. The van der Waals surface area contributed by atoms with Crippen molar-refractivity contribution in [2.75, 3.05) is 30.9 Å². The molecule has 1 aliphatic carbocycles. The van der Waals surface area contributed by atoms with Crippen molar-refractivity contribution >= 4 is 34.3 Å². The van der Waals surface area contributed by atoms with Gasteiger partial charge in [0, 0.05) is 25.5 Å². The summed E-state index contributed by atoms with van der Waals surface area (Å²) in [6.07, 6.45) is 10.2. The average Bonchev–Trinajstić information content (AvgIpc) is 3.39. The van der Waals surface area contributed by atoms with E-state index in [1.54, 1.807) is 6.20 Å². The van der Waals surface area contributed by atoms with Gasteiger partial charge < -0.3 is 24.7 Å². The number of esters is 1. The molecule has 8 nitrogen and oxygen atoms in total. The van der Waals surface area contributed by atoms with Crippen LogP contribution in [0.1, 0.15) is 62.4 Å². The molecule has 1 saturated heterocycles. The molecule has 2 aromatic heterocycles. The maximum atomic E-state index is 12.7. The van der Waals surface area contributed by atoms with Crippen molar-refractivity contribution in [1.29, 1.82) is 0 Å². The Morgan fingerprint density at radius 2 is 2.03 bits per heavy atom. The van der Waals surface area contributed by atoms with Crippen molar-refractivity contribution in [2.24, 2.45) is 5.92 Å². The molecule has 0 aromatic carbocycles. The Kier molecular flexibility index (Phi) is 6.75. The van der Waals surface area contributed by atoms with Crippen molar-refractivity contribution in [2.45, 2.75) is 64.5 Å². The number of carbonyl (C=O) groups excluding carboxylic acids is 2. The van der Waals surface area contributed by atoms with Gasteiger partial charge in [0.25, 0.3) is 0 Å². The Balaban J connectivity index is 1.71. The SMILES string of the molecule is COC(=O)c1c(NC(C)=O)c2cc(NCC3CCCCC3)cnc2n1CC1CCCO1. The van der Waals surface area contributed by atoms with Gasteiger partial charge in [-0.25, -0.2) is 9.78 Å². The van der Waals surface area contributed by atoms with Crippen molar-refractivity contribution in [3.8, 4) is 0 Å². The van der Waals surface area contributed by atoms with Gasteiger partial charge in [0.05, 0.1) is 37.3 Å². The Morgan fingerprint density at radius 1 is 1.23 bits per heavy atom. The normalized spacial score (nSPS) is 19.5. The molecule has 3 heterocycles. The summed E-state index contributed by atoms with van der Waals surface area (Å²) >= 11 is 0. The van der Waals surface area contributed by atoms with E-state index in [1.165, 1.54) is 46.1 Å². The molecule has 1 atom stereocenters. The number of anilines is 2. The fraction of sp³-hybridized carbons (Fsp3) is 0.609. The van der Waals surface area contributed by atoms with Gasteiger partial charge in [-0.3, -0.25) is 4.79 Å². The molecule has 1 unspecified atom stereocenters. The van der Waals surface area contributed by atoms with E-state index in [0.717, 1.165) is 37.1 Å². The highest BCUT2D eigenvalue weighted by molar-refractivity contribution is 6.10. The Hall–Kier alpha value is -2.61. The number of aromatic nitrogens is 2. The van der Waals surface area contributed by atoms with Gasteiger partial charge in [0.2, 0.25) is 5.91 Å². The highest BCUT2D eigenvalue weighted by Gasteiger charge is 2.28. The smallest absolute Gasteiger partial charge is 0.356 e. The maximum absolute atomic E-state index is 12.7. The molecule has 0 radical (unpaired) electrons. The van der Waals surface area contributed by atoms with Crippen LogP contribution in [0.15, 0.2) is 12.3 Å². The lowest BCUT2D eigenvalue weighted by Crippen LogP contribution is -2.21. The van der Waals surface area contributed by atoms with E-state index in [0.29, 0.717) is 29.5 Å². The summed E-state index contributed by atoms with van der Waals surface area (Å²) in [6, 6.07) is 1.97. The lowest BCUT2D eigenvalue weighted by atomic mass is 9.89. The fourth-order valence-electron chi connectivity index (χ4n) is 4.76. The number of pyridine rings is 1. The van der Waals surface area contributed by atoms with Crippen LogP contribution in [0.5, 0.6) is 0 Å². The van der Waals surface area contributed by atoms with E-state index in [-0.39, 0.29) is 12.0 Å². The van der Waals surface area contributed by atoms with E-state index < -0.39 is 5.97 Å². The zero-order chi connectivity index (χ0) is 21.8. The highest BCUT2D eigenvalue weighted by atomic mass is 16.5. The number of nitrogens with zero attached hydrogens (tertiary/aromatic N) is 2. The Bertz CT molecular complexity index is 943. The van der Waals surface area contributed by atoms with Gasteiger partial charge in [-0.1, -0.05) is 19.3 Å². The van der Waals surface area contributed by atoms with Crippen LogP contribution in [0.3, 0.4) is 0 Å². The third kappa shape index (κ3) is 4.84. The van der Waals surface area contributed by atoms with Crippen LogP contribution in [0.25, 0.3) is 11.0 Å². The third-order valence-corrected chi connectivity index (χ3v) is 6.31. The van der Waals surface area contributed by atoms with Crippen LogP contribution >= 0.6 is 0 Å². The molecule has 4 rings (SSSR count). The molecule has 1 amide bonds. The van der Waals surface area contributed by atoms with E-state index in [9.17, 15) is 9.59 Å². The van der Waals surface area contributed by atoms with E-state index in [1.807, 2.05) is 10.6 Å². The first kappa shape index (κ1) is 21.6. The van der Waals surface area contributed by atoms with Gasteiger partial charge in [-0.05, 0) is 37.7 Å². The number of hydrogen-bond donors (Lipinski definition) is 2. The standard InChI is InChI=1S/C23H32N4O4/c1-15(28)26-20-19-11-17(24-12-16-7-4-3-5-8-16)13-25-22(19)27(21(20)23(29)30-2)14-18-9-6-10-31-18/h11,13,16,18,24H,3-10,12,14H2,1-2H3,(H,26,28). The number of fused-ring (bicyclic) bond motifs is 1. The number of ether oxygens (including phenoxy) is 2. The van der Waals surface area contributed by atoms with Crippen LogP contribution in [0, 0.1) is 5.92 Å². The third-order valence-electron chi connectivity index (χ3n) is 6.31. The molecule has 0 bridgehead atoms. The van der Waals surface area contributed by atoms with E-state index >= 15 is 0 Å². The molecule has 1 aliphatic heterocycles. The number of carbonyl (C=O) groups is 2. The zero-order valence-electron chi connectivity index (χ0n) is 18.4. The fourth-order valence-corrected chi connectivity index (χ4v) is 4.76. The van der Waals surface area contributed by atoms with Gasteiger partial charge in [-0.15, -0.1) is 0 Å². The van der Waals surface area contributed by atoms with Crippen LogP contribution < -0.4 is 10.6 Å². The van der Waals surface area contributed by atoms with Crippen molar-refractivity contribution < 1.29 is 19.1 Å². The minimum Gasteiger partial charge on any atom is -0.464 e. The van der Waals surface area contributed by atoms with Crippen LogP contribution in [0.2, 0.25) is 0 Å².